The van der Waals surface area contributed by atoms with Crippen molar-refractivity contribution in [2.24, 2.45) is 11.8 Å². The van der Waals surface area contributed by atoms with Crippen LogP contribution in [0.4, 0.5) is 0 Å². The largest absolute Gasteiger partial charge is 0.380 e. The van der Waals surface area contributed by atoms with Gasteiger partial charge in [0.15, 0.2) is 0 Å². The number of rotatable bonds is 3. The zero-order valence-corrected chi connectivity index (χ0v) is 13.9. The zero-order chi connectivity index (χ0) is 14.7. The van der Waals surface area contributed by atoms with Gasteiger partial charge in [0.05, 0.1) is 6.61 Å². The van der Waals surface area contributed by atoms with Crippen molar-refractivity contribution < 1.29 is 9.53 Å². The number of nitrogens with one attached hydrogen (secondary N) is 1. The van der Waals surface area contributed by atoms with E-state index >= 15 is 0 Å². The highest BCUT2D eigenvalue weighted by Crippen LogP contribution is 2.28. The molecule has 5 heteroatoms. The van der Waals surface area contributed by atoms with Crippen molar-refractivity contribution in [1.29, 1.82) is 0 Å². The molecule has 0 aromatic heterocycles. The van der Waals surface area contributed by atoms with Gasteiger partial charge in [-0.1, -0.05) is 18.2 Å². The topological polar surface area (TPSA) is 41.6 Å². The molecule has 0 spiro atoms. The summed E-state index contributed by atoms with van der Waals surface area (Å²) in [4.78, 5) is 14.9. The number of likely N-dealkylation sites (tertiary alicyclic amines) is 1. The van der Waals surface area contributed by atoms with Crippen LogP contribution in [0.5, 0.6) is 0 Å². The normalized spacial score (nSPS) is 24.3. The standard InChI is InChI=1S/C17H24N2O2.ClH/c1-21-12-15-4-2-3-5-16(15)17(20)19-8-6-13-10-18-11-14(13)7-9-19;/h2-5,13-14,18H,6-12H2,1H3;1H/t13-,14+;. The second kappa shape index (κ2) is 7.95. The van der Waals surface area contributed by atoms with Crippen LogP contribution in [0.15, 0.2) is 24.3 Å². The minimum absolute atomic E-state index is 0. The molecule has 0 radical (unpaired) electrons. The summed E-state index contributed by atoms with van der Waals surface area (Å²) < 4.78 is 5.21. The molecule has 2 fully saturated rings. The summed E-state index contributed by atoms with van der Waals surface area (Å²) in [6, 6.07) is 7.80. The van der Waals surface area contributed by atoms with Crippen LogP contribution in [0, 0.1) is 11.8 Å². The monoisotopic (exact) mass is 324 g/mol. The highest BCUT2D eigenvalue weighted by atomic mass is 35.5. The first-order valence-corrected chi connectivity index (χ1v) is 7.86. The number of hydrogen-bond acceptors (Lipinski definition) is 3. The average Bonchev–Trinajstić information content (AvgIpc) is 2.86. The maximum Gasteiger partial charge on any atom is 0.254 e. The molecule has 2 saturated heterocycles. The lowest BCUT2D eigenvalue weighted by Gasteiger charge is -2.22. The van der Waals surface area contributed by atoms with E-state index in [-0.39, 0.29) is 18.3 Å². The van der Waals surface area contributed by atoms with Gasteiger partial charge in [-0.3, -0.25) is 4.79 Å². The fraction of sp³-hybridized carbons (Fsp3) is 0.588. The van der Waals surface area contributed by atoms with Crippen LogP contribution in [0.2, 0.25) is 0 Å². The number of methoxy groups -OCH3 is 1. The maximum atomic E-state index is 12.8. The first-order chi connectivity index (χ1) is 10.3. The van der Waals surface area contributed by atoms with Crippen LogP contribution in [0.1, 0.15) is 28.8 Å². The molecule has 1 N–H and O–H groups in total. The zero-order valence-electron chi connectivity index (χ0n) is 13.1. The summed E-state index contributed by atoms with van der Waals surface area (Å²) in [6.45, 7) is 4.48. The first-order valence-electron chi connectivity index (χ1n) is 7.86. The van der Waals surface area contributed by atoms with Crippen LogP contribution in [-0.2, 0) is 11.3 Å². The van der Waals surface area contributed by atoms with E-state index in [4.69, 9.17) is 4.74 Å². The Morgan fingerprint density at radius 3 is 2.50 bits per heavy atom. The van der Waals surface area contributed by atoms with Crippen LogP contribution in [-0.4, -0.2) is 44.1 Å². The number of fused-ring (bicyclic) bond motifs is 1. The number of carbonyl (C=O) groups is 1. The Kier molecular flexibility index (Phi) is 6.24. The Balaban J connectivity index is 0.00000176. The van der Waals surface area contributed by atoms with Crippen LogP contribution in [0.25, 0.3) is 0 Å². The third kappa shape index (κ3) is 3.62. The Morgan fingerprint density at radius 1 is 1.23 bits per heavy atom. The summed E-state index contributed by atoms with van der Waals surface area (Å²) in [6.07, 6.45) is 2.24. The number of amides is 1. The molecule has 4 nitrogen and oxygen atoms in total. The van der Waals surface area contributed by atoms with Crippen molar-refractivity contribution in [3.8, 4) is 0 Å². The second-order valence-corrected chi connectivity index (χ2v) is 6.14. The lowest BCUT2D eigenvalue weighted by molar-refractivity contribution is 0.0753. The van der Waals surface area contributed by atoms with E-state index in [1.165, 1.54) is 0 Å². The van der Waals surface area contributed by atoms with Crippen molar-refractivity contribution in [2.45, 2.75) is 19.4 Å². The van der Waals surface area contributed by atoms with E-state index in [0.717, 1.165) is 62.0 Å². The fourth-order valence-electron chi connectivity index (χ4n) is 3.60. The third-order valence-corrected chi connectivity index (χ3v) is 4.85. The molecule has 0 saturated carbocycles. The van der Waals surface area contributed by atoms with Gasteiger partial charge in [0, 0.05) is 25.8 Å². The summed E-state index contributed by atoms with van der Waals surface area (Å²) >= 11 is 0. The van der Waals surface area contributed by atoms with Crippen molar-refractivity contribution >= 4 is 18.3 Å². The molecule has 2 aliphatic rings. The van der Waals surface area contributed by atoms with Gasteiger partial charge in [-0.25, -0.2) is 0 Å². The molecule has 122 valence electrons. The molecule has 1 aromatic rings. The van der Waals surface area contributed by atoms with Gasteiger partial charge in [-0.2, -0.15) is 0 Å². The summed E-state index contributed by atoms with van der Waals surface area (Å²) in [5, 5.41) is 3.47. The molecule has 0 unspecified atom stereocenters. The van der Waals surface area contributed by atoms with Gasteiger partial charge in [0.1, 0.15) is 0 Å². The Morgan fingerprint density at radius 2 is 1.86 bits per heavy atom. The Hall–Kier alpha value is -1.10. The van der Waals surface area contributed by atoms with Crippen molar-refractivity contribution in [1.82, 2.24) is 10.2 Å². The highest BCUT2D eigenvalue weighted by molar-refractivity contribution is 5.95. The predicted molar refractivity (Wildman–Crippen MR) is 89.4 cm³/mol. The number of nitrogens with zero attached hydrogens (tertiary/aromatic N) is 1. The van der Waals surface area contributed by atoms with Crippen molar-refractivity contribution in [3.05, 3.63) is 35.4 Å². The quantitative estimate of drug-likeness (QED) is 0.928. The lowest BCUT2D eigenvalue weighted by atomic mass is 9.92. The van der Waals surface area contributed by atoms with E-state index in [1.54, 1.807) is 7.11 Å². The second-order valence-electron chi connectivity index (χ2n) is 6.14. The number of benzene rings is 1. The first kappa shape index (κ1) is 17.3. The van der Waals surface area contributed by atoms with Gasteiger partial charge >= 0.3 is 0 Å². The molecule has 1 amide bonds. The van der Waals surface area contributed by atoms with Crippen LogP contribution < -0.4 is 5.32 Å². The van der Waals surface area contributed by atoms with Gasteiger partial charge in [0.2, 0.25) is 0 Å². The SMILES string of the molecule is COCc1ccccc1C(=O)N1CC[C@@H]2CNC[C@@H]2CC1.Cl. The number of halogens is 1. The summed E-state index contributed by atoms with van der Waals surface area (Å²) in [5.74, 6) is 1.66. The maximum absolute atomic E-state index is 12.8. The average molecular weight is 325 g/mol. The Bertz CT molecular complexity index is 495. The summed E-state index contributed by atoms with van der Waals surface area (Å²) in [5.41, 5.74) is 1.78. The minimum Gasteiger partial charge on any atom is -0.380 e. The number of ether oxygens (including phenoxy) is 1. The fourth-order valence-corrected chi connectivity index (χ4v) is 3.60. The van der Waals surface area contributed by atoms with Gasteiger partial charge in [-0.15, -0.1) is 12.4 Å². The van der Waals surface area contributed by atoms with E-state index in [1.807, 2.05) is 29.2 Å². The van der Waals surface area contributed by atoms with Gasteiger partial charge < -0.3 is 15.0 Å². The third-order valence-electron chi connectivity index (χ3n) is 4.85. The molecule has 0 bridgehead atoms. The highest BCUT2D eigenvalue weighted by Gasteiger charge is 2.31. The smallest absolute Gasteiger partial charge is 0.254 e. The van der Waals surface area contributed by atoms with Crippen molar-refractivity contribution in [3.63, 3.8) is 0 Å². The summed E-state index contributed by atoms with van der Waals surface area (Å²) in [7, 11) is 1.67. The molecular weight excluding hydrogens is 300 g/mol. The molecule has 1 aromatic carbocycles. The van der Waals surface area contributed by atoms with E-state index in [9.17, 15) is 4.79 Å². The number of hydrogen-bond donors (Lipinski definition) is 1. The van der Waals surface area contributed by atoms with Crippen LogP contribution >= 0.6 is 12.4 Å². The van der Waals surface area contributed by atoms with E-state index < -0.39 is 0 Å². The Labute approximate surface area is 138 Å². The molecule has 22 heavy (non-hydrogen) atoms. The molecular formula is C17H25ClN2O2. The lowest BCUT2D eigenvalue weighted by Crippen LogP contribution is -2.33. The molecule has 3 rings (SSSR count). The predicted octanol–water partition coefficient (Wildman–Crippen LogP) is 2.33. The minimum atomic E-state index is 0. The molecule has 2 aliphatic heterocycles. The van der Waals surface area contributed by atoms with E-state index in [2.05, 4.69) is 5.32 Å². The van der Waals surface area contributed by atoms with E-state index in [0.29, 0.717) is 6.61 Å². The van der Waals surface area contributed by atoms with Gasteiger partial charge in [0.25, 0.3) is 5.91 Å². The molecule has 2 atom stereocenters. The van der Waals surface area contributed by atoms with Crippen LogP contribution in [0.3, 0.4) is 0 Å². The molecule has 0 aliphatic carbocycles. The number of carbonyl (C=O) groups excluding carboxylic acids is 1. The molecule has 2 heterocycles. The van der Waals surface area contributed by atoms with Gasteiger partial charge in [-0.05, 0) is 49.4 Å². The van der Waals surface area contributed by atoms with Crippen molar-refractivity contribution in [2.75, 3.05) is 33.3 Å².